The minimum atomic E-state index is -0.236. The largest absolute Gasteiger partial charge is 0.394 e. The summed E-state index contributed by atoms with van der Waals surface area (Å²) < 4.78 is 0. The van der Waals surface area contributed by atoms with Crippen LogP contribution in [0.1, 0.15) is 25.8 Å². The molecule has 0 saturated carbocycles. The Kier molecular flexibility index (Phi) is 6.15. The summed E-state index contributed by atoms with van der Waals surface area (Å²) in [6, 6.07) is 9.60. The molecule has 0 aliphatic rings. The molecule has 0 aliphatic heterocycles. The highest BCUT2D eigenvalue weighted by Gasteiger charge is 2.12. The molecule has 1 aromatic carbocycles. The van der Waals surface area contributed by atoms with Crippen LogP contribution in [0.5, 0.6) is 0 Å². The second kappa shape index (κ2) is 7.67. The van der Waals surface area contributed by atoms with Crippen LogP contribution in [-0.2, 0) is 11.2 Å². The van der Waals surface area contributed by atoms with E-state index in [4.69, 9.17) is 0 Å². The van der Waals surface area contributed by atoms with Crippen molar-refractivity contribution < 1.29 is 9.90 Å². The molecule has 0 bridgehead atoms. The van der Waals surface area contributed by atoms with Crippen molar-refractivity contribution in [3.63, 3.8) is 0 Å². The van der Waals surface area contributed by atoms with Gasteiger partial charge in [-0.2, -0.15) is 0 Å². The van der Waals surface area contributed by atoms with E-state index in [2.05, 4.69) is 5.32 Å². The number of benzene rings is 1. The topological polar surface area (TPSA) is 49.3 Å². The molecule has 3 nitrogen and oxygen atoms in total. The number of aliphatic hydroxyl groups is 1. The lowest BCUT2D eigenvalue weighted by molar-refractivity contribution is -0.118. The van der Waals surface area contributed by atoms with Gasteiger partial charge in [-0.3, -0.25) is 4.79 Å². The van der Waals surface area contributed by atoms with Gasteiger partial charge in [0.2, 0.25) is 5.91 Å². The number of carbonyl (C=O) groups excluding carboxylic acids is 1. The maximum Gasteiger partial charge on any atom is 0.246 e. The fourth-order valence-electron chi connectivity index (χ4n) is 1.76. The van der Waals surface area contributed by atoms with Gasteiger partial charge in [-0.15, -0.1) is 0 Å². The van der Waals surface area contributed by atoms with Crippen LogP contribution < -0.4 is 5.32 Å². The molecule has 0 aliphatic carbocycles. The average Bonchev–Trinajstić information content (AvgIpc) is 2.39. The first-order valence-electron chi connectivity index (χ1n) is 6.29. The quantitative estimate of drug-likeness (QED) is 0.756. The monoisotopic (exact) mass is 247 g/mol. The van der Waals surface area contributed by atoms with Crippen molar-refractivity contribution in [3.8, 4) is 0 Å². The van der Waals surface area contributed by atoms with Crippen molar-refractivity contribution >= 4 is 5.91 Å². The molecule has 18 heavy (non-hydrogen) atoms. The maximum absolute atomic E-state index is 11.8. The minimum Gasteiger partial charge on any atom is -0.394 e. The Morgan fingerprint density at radius 3 is 2.61 bits per heavy atom. The van der Waals surface area contributed by atoms with E-state index in [1.54, 1.807) is 6.92 Å². The van der Waals surface area contributed by atoms with Crippen LogP contribution in [0, 0.1) is 0 Å². The van der Waals surface area contributed by atoms with E-state index in [1.807, 2.05) is 43.3 Å². The highest BCUT2D eigenvalue weighted by Crippen LogP contribution is 2.04. The second-order valence-corrected chi connectivity index (χ2v) is 4.34. The molecule has 0 saturated heterocycles. The predicted molar refractivity (Wildman–Crippen MR) is 73.2 cm³/mol. The molecular formula is C15H21NO2. The molecule has 0 fully saturated rings. The summed E-state index contributed by atoms with van der Waals surface area (Å²) in [5.41, 5.74) is 1.80. The summed E-state index contributed by atoms with van der Waals surface area (Å²) >= 11 is 0. The van der Waals surface area contributed by atoms with Gasteiger partial charge in [0.1, 0.15) is 0 Å². The van der Waals surface area contributed by atoms with Crippen molar-refractivity contribution in [2.75, 3.05) is 6.61 Å². The molecule has 0 unspecified atom stereocenters. The van der Waals surface area contributed by atoms with Crippen LogP contribution in [0.2, 0.25) is 0 Å². The second-order valence-electron chi connectivity index (χ2n) is 4.34. The van der Waals surface area contributed by atoms with Gasteiger partial charge >= 0.3 is 0 Å². The summed E-state index contributed by atoms with van der Waals surface area (Å²) in [6.45, 7) is 3.72. The Bertz CT molecular complexity index is 398. The molecule has 3 heteroatoms. The lowest BCUT2D eigenvalue weighted by Crippen LogP contribution is -2.39. The molecule has 1 atom stereocenters. The zero-order chi connectivity index (χ0) is 13.4. The number of allylic oxidation sites excluding steroid dienone is 1. The van der Waals surface area contributed by atoms with E-state index in [0.29, 0.717) is 12.0 Å². The smallest absolute Gasteiger partial charge is 0.246 e. The number of hydrogen-bond acceptors (Lipinski definition) is 2. The zero-order valence-electron chi connectivity index (χ0n) is 11.0. The normalized spacial score (nSPS) is 13.2. The molecule has 0 aromatic heterocycles. The van der Waals surface area contributed by atoms with Gasteiger partial charge in [0.25, 0.3) is 0 Å². The lowest BCUT2D eigenvalue weighted by atomic mass is 10.1. The fraction of sp³-hybridized carbons (Fsp3) is 0.400. The van der Waals surface area contributed by atoms with Gasteiger partial charge in [-0.05, 0) is 25.3 Å². The zero-order valence-corrected chi connectivity index (χ0v) is 11.0. The van der Waals surface area contributed by atoms with Crippen LogP contribution in [-0.4, -0.2) is 23.7 Å². The van der Waals surface area contributed by atoms with E-state index in [9.17, 15) is 9.90 Å². The average molecular weight is 247 g/mol. The maximum atomic E-state index is 11.8. The first-order valence-corrected chi connectivity index (χ1v) is 6.29. The number of amides is 1. The third-order valence-corrected chi connectivity index (χ3v) is 2.75. The first kappa shape index (κ1) is 14.5. The van der Waals surface area contributed by atoms with Gasteiger partial charge in [-0.1, -0.05) is 43.3 Å². The number of hydrogen-bond donors (Lipinski definition) is 2. The van der Waals surface area contributed by atoms with Gasteiger partial charge in [0.05, 0.1) is 12.6 Å². The van der Waals surface area contributed by atoms with E-state index >= 15 is 0 Å². The third-order valence-electron chi connectivity index (χ3n) is 2.75. The van der Waals surface area contributed by atoms with Crippen molar-refractivity contribution in [2.24, 2.45) is 0 Å². The van der Waals surface area contributed by atoms with Crippen LogP contribution in [0.15, 0.2) is 42.0 Å². The third kappa shape index (κ3) is 4.72. The Hall–Kier alpha value is -1.61. The Balaban J connectivity index is 2.57. The van der Waals surface area contributed by atoms with Crippen molar-refractivity contribution in [1.29, 1.82) is 0 Å². The molecule has 0 heterocycles. The summed E-state index contributed by atoms with van der Waals surface area (Å²) in [4.78, 5) is 11.8. The molecular weight excluding hydrogens is 226 g/mol. The van der Waals surface area contributed by atoms with Crippen LogP contribution in [0.3, 0.4) is 0 Å². The molecule has 98 valence electrons. The first-order chi connectivity index (χ1) is 8.67. The summed E-state index contributed by atoms with van der Waals surface area (Å²) in [7, 11) is 0. The lowest BCUT2D eigenvalue weighted by Gasteiger charge is -2.16. The van der Waals surface area contributed by atoms with E-state index in [0.717, 1.165) is 12.0 Å². The molecule has 1 rings (SSSR count). The van der Waals surface area contributed by atoms with E-state index in [-0.39, 0.29) is 18.6 Å². The molecule has 1 amide bonds. The Labute approximate surface area is 109 Å². The number of aliphatic hydroxyl groups excluding tert-OH is 1. The number of nitrogens with one attached hydrogen (secondary N) is 1. The van der Waals surface area contributed by atoms with Gasteiger partial charge in [-0.25, -0.2) is 0 Å². The summed E-state index contributed by atoms with van der Waals surface area (Å²) in [5, 5.41) is 12.2. The van der Waals surface area contributed by atoms with Crippen LogP contribution in [0.25, 0.3) is 0 Å². The Morgan fingerprint density at radius 1 is 1.39 bits per heavy atom. The van der Waals surface area contributed by atoms with Crippen molar-refractivity contribution in [1.82, 2.24) is 5.32 Å². The SMILES string of the molecule is CC/C=C(/C)C(=O)N[C@@H](CO)Cc1ccccc1. The van der Waals surface area contributed by atoms with Gasteiger partial charge < -0.3 is 10.4 Å². The Morgan fingerprint density at radius 2 is 2.06 bits per heavy atom. The molecule has 1 aromatic rings. The molecule has 0 radical (unpaired) electrons. The van der Waals surface area contributed by atoms with Crippen LogP contribution >= 0.6 is 0 Å². The van der Waals surface area contributed by atoms with Crippen molar-refractivity contribution in [3.05, 3.63) is 47.5 Å². The molecule has 0 spiro atoms. The number of rotatable bonds is 6. The number of carbonyl (C=O) groups is 1. The molecule has 2 N–H and O–H groups in total. The fourth-order valence-corrected chi connectivity index (χ4v) is 1.76. The highest BCUT2D eigenvalue weighted by molar-refractivity contribution is 5.92. The van der Waals surface area contributed by atoms with Crippen LogP contribution in [0.4, 0.5) is 0 Å². The van der Waals surface area contributed by atoms with Crippen molar-refractivity contribution in [2.45, 2.75) is 32.7 Å². The van der Waals surface area contributed by atoms with E-state index in [1.165, 1.54) is 0 Å². The predicted octanol–water partition coefficient (Wildman–Crippen LogP) is 2.06. The summed E-state index contributed by atoms with van der Waals surface area (Å²) in [5.74, 6) is -0.105. The van der Waals surface area contributed by atoms with Gasteiger partial charge in [0, 0.05) is 5.57 Å². The summed E-state index contributed by atoms with van der Waals surface area (Å²) in [6.07, 6.45) is 3.36. The minimum absolute atomic E-state index is 0.0555. The standard InChI is InChI=1S/C15H21NO2/c1-3-7-12(2)15(18)16-14(11-17)10-13-8-5-4-6-9-13/h4-9,14,17H,3,10-11H2,1-2H3,(H,16,18)/b12-7-/t14-/m1/s1. The highest BCUT2D eigenvalue weighted by atomic mass is 16.3. The van der Waals surface area contributed by atoms with E-state index < -0.39 is 0 Å². The van der Waals surface area contributed by atoms with Gasteiger partial charge in [0.15, 0.2) is 0 Å².